The highest BCUT2D eigenvalue weighted by Crippen LogP contribution is 2.01. The van der Waals surface area contributed by atoms with Crippen molar-refractivity contribution in [3.63, 3.8) is 0 Å². The summed E-state index contributed by atoms with van der Waals surface area (Å²) in [6.07, 6.45) is 6.03. The van der Waals surface area contributed by atoms with Crippen LogP contribution in [0.3, 0.4) is 0 Å². The third-order valence-corrected chi connectivity index (χ3v) is 1.94. The average Bonchev–Trinajstić information content (AvgIpc) is 2.09. The van der Waals surface area contributed by atoms with Crippen molar-refractivity contribution in [2.45, 2.75) is 52.9 Å². The van der Waals surface area contributed by atoms with E-state index in [2.05, 4.69) is 20.8 Å². The molecule has 0 aliphatic heterocycles. The van der Waals surface area contributed by atoms with Crippen LogP contribution in [0.1, 0.15) is 52.9 Å². The molecular weight excluding hydrogens is 164 g/mol. The Balaban J connectivity index is 2.84. The third-order valence-electron chi connectivity index (χ3n) is 1.94. The molecule has 0 unspecified atom stereocenters. The minimum atomic E-state index is 0.698. The highest BCUT2D eigenvalue weighted by atomic mass is 17.2. The summed E-state index contributed by atoms with van der Waals surface area (Å²) in [4.78, 5) is 10.1. The van der Waals surface area contributed by atoms with E-state index in [-0.39, 0.29) is 0 Å². The van der Waals surface area contributed by atoms with Crippen LogP contribution < -0.4 is 0 Å². The number of hydrogen-bond acceptors (Lipinski definition) is 2. The van der Waals surface area contributed by atoms with E-state index in [1.165, 1.54) is 19.3 Å². The Kier molecular flexibility index (Phi) is 9.94. The van der Waals surface area contributed by atoms with Crippen LogP contribution in [0.15, 0.2) is 0 Å². The Morgan fingerprint density at radius 3 is 2.23 bits per heavy atom. The minimum absolute atomic E-state index is 0.698. The van der Waals surface area contributed by atoms with Gasteiger partial charge in [-0.3, -0.25) is 0 Å². The molecule has 0 rings (SSSR count). The molecule has 0 fully saturated rings. The fraction of sp³-hybridized carbons (Fsp3) is 1.00. The highest BCUT2D eigenvalue weighted by molar-refractivity contribution is 4.40. The molecule has 0 aromatic carbocycles. The smallest absolute Gasteiger partial charge is 0.0824 e. The summed E-state index contributed by atoms with van der Waals surface area (Å²) >= 11 is 0. The molecule has 0 saturated heterocycles. The summed E-state index contributed by atoms with van der Waals surface area (Å²) in [7, 11) is 0. The van der Waals surface area contributed by atoms with Gasteiger partial charge in [-0.15, -0.1) is 0 Å². The summed E-state index contributed by atoms with van der Waals surface area (Å²) in [5, 5.41) is 0. The van der Waals surface area contributed by atoms with Gasteiger partial charge in [-0.25, -0.2) is 9.78 Å². The van der Waals surface area contributed by atoms with Gasteiger partial charge in [0.05, 0.1) is 13.2 Å². The molecule has 80 valence electrons. The second kappa shape index (κ2) is 10.0. The lowest BCUT2D eigenvalue weighted by atomic mass is 10.1. The number of hydrogen-bond donors (Lipinski definition) is 0. The van der Waals surface area contributed by atoms with Crippen molar-refractivity contribution in [2.24, 2.45) is 5.92 Å². The second-order valence-electron chi connectivity index (χ2n) is 3.89. The maximum Gasteiger partial charge on any atom is 0.0824 e. The lowest BCUT2D eigenvalue weighted by molar-refractivity contribution is -0.296. The van der Waals surface area contributed by atoms with Crippen molar-refractivity contribution >= 4 is 0 Å². The lowest BCUT2D eigenvalue weighted by Crippen LogP contribution is -2.01. The number of unbranched alkanes of at least 4 members (excludes halogenated alkanes) is 3. The first kappa shape index (κ1) is 12.9. The Labute approximate surface area is 82.5 Å². The van der Waals surface area contributed by atoms with Crippen molar-refractivity contribution < 1.29 is 9.78 Å². The van der Waals surface area contributed by atoms with E-state index in [0.717, 1.165) is 26.1 Å². The van der Waals surface area contributed by atoms with E-state index in [4.69, 9.17) is 9.78 Å². The molecule has 2 nitrogen and oxygen atoms in total. The molecule has 0 radical (unpaired) electrons. The summed E-state index contributed by atoms with van der Waals surface area (Å²) in [5.41, 5.74) is 0. The van der Waals surface area contributed by atoms with Crippen LogP contribution in [0.25, 0.3) is 0 Å². The predicted octanol–water partition coefficient (Wildman–Crippen LogP) is 3.56. The van der Waals surface area contributed by atoms with E-state index >= 15 is 0 Å². The molecule has 0 amide bonds. The zero-order valence-electron chi connectivity index (χ0n) is 9.34. The normalized spacial score (nSPS) is 11.1. The van der Waals surface area contributed by atoms with Crippen LogP contribution in [0, 0.1) is 5.92 Å². The summed E-state index contributed by atoms with van der Waals surface area (Å²) in [5.74, 6) is 0.698. The molecule has 0 atom stereocenters. The Morgan fingerprint density at radius 2 is 1.62 bits per heavy atom. The molecule has 13 heavy (non-hydrogen) atoms. The monoisotopic (exact) mass is 188 g/mol. The summed E-state index contributed by atoms with van der Waals surface area (Å²) in [6.45, 7) is 8.05. The second-order valence-corrected chi connectivity index (χ2v) is 3.89. The van der Waals surface area contributed by atoms with Gasteiger partial charge in [0, 0.05) is 0 Å². The van der Waals surface area contributed by atoms with Gasteiger partial charge in [0.1, 0.15) is 0 Å². The van der Waals surface area contributed by atoms with Gasteiger partial charge < -0.3 is 0 Å². The van der Waals surface area contributed by atoms with Crippen molar-refractivity contribution in [3.05, 3.63) is 0 Å². The number of rotatable bonds is 9. The van der Waals surface area contributed by atoms with Crippen LogP contribution in [0.4, 0.5) is 0 Å². The van der Waals surface area contributed by atoms with Gasteiger partial charge in [-0.1, -0.05) is 40.0 Å². The van der Waals surface area contributed by atoms with Crippen LogP contribution in [0.2, 0.25) is 0 Å². The Bertz CT molecular complexity index is 92.1. The fourth-order valence-corrected chi connectivity index (χ4v) is 0.989. The van der Waals surface area contributed by atoms with Gasteiger partial charge in [0.25, 0.3) is 0 Å². The van der Waals surface area contributed by atoms with E-state index in [9.17, 15) is 0 Å². The minimum Gasteiger partial charge on any atom is -0.237 e. The van der Waals surface area contributed by atoms with Crippen molar-refractivity contribution in [2.75, 3.05) is 13.2 Å². The van der Waals surface area contributed by atoms with Crippen molar-refractivity contribution in [1.29, 1.82) is 0 Å². The van der Waals surface area contributed by atoms with Gasteiger partial charge in [-0.05, 0) is 18.8 Å². The molecule has 0 aliphatic rings. The molecule has 0 saturated carbocycles. The Morgan fingerprint density at radius 1 is 0.923 bits per heavy atom. The summed E-state index contributed by atoms with van der Waals surface area (Å²) < 4.78 is 0. The maximum absolute atomic E-state index is 5.03. The van der Waals surface area contributed by atoms with Crippen LogP contribution in [0.5, 0.6) is 0 Å². The fourth-order valence-electron chi connectivity index (χ4n) is 0.989. The molecule has 0 spiro atoms. The third kappa shape index (κ3) is 11.9. The van der Waals surface area contributed by atoms with Gasteiger partial charge in [0.15, 0.2) is 0 Å². The van der Waals surface area contributed by atoms with E-state index in [1.54, 1.807) is 0 Å². The molecule has 2 heteroatoms. The highest BCUT2D eigenvalue weighted by Gasteiger charge is 1.94. The molecular formula is C11H24O2. The van der Waals surface area contributed by atoms with Gasteiger partial charge in [0.2, 0.25) is 0 Å². The van der Waals surface area contributed by atoms with Crippen LogP contribution in [-0.2, 0) is 9.78 Å². The largest absolute Gasteiger partial charge is 0.237 e. The predicted molar refractivity (Wildman–Crippen MR) is 55.5 cm³/mol. The first-order valence-electron chi connectivity index (χ1n) is 5.51. The van der Waals surface area contributed by atoms with E-state index < -0.39 is 0 Å². The molecule has 0 aromatic rings. The van der Waals surface area contributed by atoms with Gasteiger partial charge >= 0.3 is 0 Å². The first-order chi connectivity index (χ1) is 6.27. The molecule has 0 heterocycles. The van der Waals surface area contributed by atoms with Gasteiger partial charge in [-0.2, -0.15) is 0 Å². The van der Waals surface area contributed by atoms with Crippen molar-refractivity contribution in [1.82, 2.24) is 0 Å². The zero-order chi connectivity index (χ0) is 9.94. The lowest BCUT2D eigenvalue weighted by Gasteiger charge is -2.05. The summed E-state index contributed by atoms with van der Waals surface area (Å²) in [6, 6.07) is 0. The van der Waals surface area contributed by atoms with Crippen LogP contribution in [-0.4, -0.2) is 13.2 Å². The van der Waals surface area contributed by atoms with Crippen molar-refractivity contribution in [3.8, 4) is 0 Å². The zero-order valence-corrected chi connectivity index (χ0v) is 9.34. The van der Waals surface area contributed by atoms with E-state index in [0.29, 0.717) is 5.92 Å². The molecule has 0 aliphatic carbocycles. The standard InChI is InChI=1S/C11H24O2/c1-4-5-6-7-9-12-13-10-8-11(2)3/h11H,4-10H2,1-3H3. The van der Waals surface area contributed by atoms with E-state index in [1.807, 2.05) is 0 Å². The maximum atomic E-state index is 5.03. The average molecular weight is 188 g/mol. The quantitative estimate of drug-likeness (QED) is 0.313. The molecule has 0 N–H and O–H groups in total. The topological polar surface area (TPSA) is 18.5 Å². The molecule has 0 bridgehead atoms. The van der Waals surface area contributed by atoms with Crippen LogP contribution >= 0.6 is 0 Å². The SMILES string of the molecule is CCCCCCOOCCC(C)C. The Hall–Kier alpha value is -0.0800. The molecule has 0 aromatic heterocycles. The first-order valence-corrected chi connectivity index (χ1v) is 5.51.